The monoisotopic (exact) mass is 233 g/mol. The fourth-order valence-electron chi connectivity index (χ4n) is 1.01. The summed E-state index contributed by atoms with van der Waals surface area (Å²) in [6, 6.07) is -0.512. The maximum absolute atomic E-state index is 11.6. The molecule has 15 heavy (non-hydrogen) atoms. The Hall–Kier alpha value is -0.920. The third-order valence-electron chi connectivity index (χ3n) is 1.88. The first-order valence-electron chi connectivity index (χ1n) is 4.64. The summed E-state index contributed by atoms with van der Waals surface area (Å²) in [5.41, 5.74) is 0. The van der Waals surface area contributed by atoms with Gasteiger partial charge in [0.1, 0.15) is 0 Å². The number of hydrogen-bond donors (Lipinski definition) is 2. The molecule has 0 aliphatic heterocycles. The summed E-state index contributed by atoms with van der Waals surface area (Å²) in [5, 5.41) is 8.72. The predicted molar refractivity (Wildman–Crippen MR) is 54.8 cm³/mol. The molecule has 0 aromatic carbocycles. The number of aryl methyl sites for hydroxylation is 1. The lowest BCUT2D eigenvalue weighted by Gasteiger charge is -2.09. The number of aliphatic hydroxyl groups excluding tert-OH is 1. The van der Waals surface area contributed by atoms with Crippen molar-refractivity contribution in [1.29, 1.82) is 0 Å². The molecule has 0 fully saturated rings. The van der Waals surface area contributed by atoms with Crippen LogP contribution in [-0.4, -0.2) is 35.7 Å². The van der Waals surface area contributed by atoms with Gasteiger partial charge in [0.15, 0.2) is 5.03 Å². The second-order valence-corrected chi connectivity index (χ2v) is 4.91. The minimum absolute atomic E-state index is 0.0235. The third-order valence-corrected chi connectivity index (χ3v) is 3.35. The average Bonchev–Trinajstić information content (AvgIpc) is 2.65. The van der Waals surface area contributed by atoms with E-state index in [2.05, 4.69) is 9.71 Å². The largest absolute Gasteiger partial charge is 0.395 e. The molecule has 1 aromatic heterocycles. The molecule has 0 spiro atoms. The van der Waals surface area contributed by atoms with Crippen LogP contribution in [0.4, 0.5) is 0 Å². The van der Waals surface area contributed by atoms with Gasteiger partial charge in [-0.1, -0.05) is 0 Å². The molecule has 1 rings (SSSR count). The van der Waals surface area contributed by atoms with Crippen molar-refractivity contribution in [2.75, 3.05) is 6.61 Å². The standard InChI is InChI=1S/C8H15N3O3S/c1-3-11-4-8(9-6-11)15(13,14)10-7(2)5-12/h4,6-7,10,12H,3,5H2,1-2H3. The Kier molecular flexibility index (Phi) is 3.83. The van der Waals surface area contributed by atoms with Crippen LogP contribution in [0.3, 0.4) is 0 Å². The second-order valence-electron chi connectivity index (χ2n) is 3.25. The van der Waals surface area contributed by atoms with Crippen molar-refractivity contribution in [3.05, 3.63) is 12.5 Å². The first kappa shape index (κ1) is 12.2. The normalized spacial score (nSPS) is 14.1. The summed E-state index contributed by atoms with van der Waals surface area (Å²) in [7, 11) is -3.60. The molecule has 1 atom stereocenters. The molecule has 0 saturated heterocycles. The highest BCUT2D eigenvalue weighted by Gasteiger charge is 2.19. The molecule has 86 valence electrons. The van der Waals surface area contributed by atoms with E-state index in [9.17, 15) is 8.42 Å². The summed E-state index contributed by atoms with van der Waals surface area (Å²) >= 11 is 0. The zero-order valence-electron chi connectivity index (χ0n) is 8.71. The van der Waals surface area contributed by atoms with E-state index in [4.69, 9.17) is 5.11 Å². The molecular formula is C8H15N3O3S. The highest BCUT2D eigenvalue weighted by Crippen LogP contribution is 2.05. The fraction of sp³-hybridized carbons (Fsp3) is 0.625. The van der Waals surface area contributed by atoms with E-state index in [1.165, 1.54) is 12.5 Å². The molecule has 1 unspecified atom stereocenters. The van der Waals surface area contributed by atoms with E-state index < -0.39 is 16.1 Å². The van der Waals surface area contributed by atoms with Gasteiger partial charge in [-0.15, -0.1) is 0 Å². The molecule has 1 heterocycles. The van der Waals surface area contributed by atoms with Crippen LogP contribution in [0.25, 0.3) is 0 Å². The Balaban J connectivity index is 2.86. The SMILES string of the molecule is CCn1cnc(S(=O)(=O)NC(C)CO)c1. The molecule has 0 bridgehead atoms. The van der Waals surface area contributed by atoms with Gasteiger partial charge < -0.3 is 9.67 Å². The molecule has 1 aromatic rings. The van der Waals surface area contributed by atoms with Crippen LogP contribution in [0.5, 0.6) is 0 Å². The van der Waals surface area contributed by atoms with Gasteiger partial charge in [-0.05, 0) is 13.8 Å². The molecular weight excluding hydrogens is 218 g/mol. The second kappa shape index (κ2) is 4.73. The van der Waals surface area contributed by atoms with Crippen molar-refractivity contribution >= 4 is 10.0 Å². The molecule has 0 aliphatic carbocycles. The van der Waals surface area contributed by atoms with E-state index in [0.29, 0.717) is 6.54 Å². The van der Waals surface area contributed by atoms with Crippen molar-refractivity contribution in [3.8, 4) is 0 Å². The maximum atomic E-state index is 11.6. The van der Waals surface area contributed by atoms with Gasteiger partial charge in [0.2, 0.25) is 0 Å². The Morgan fingerprint density at radius 1 is 1.67 bits per heavy atom. The molecule has 0 amide bonds. The first-order chi connectivity index (χ1) is 6.99. The van der Waals surface area contributed by atoms with E-state index in [-0.39, 0.29) is 11.6 Å². The van der Waals surface area contributed by atoms with Gasteiger partial charge in [-0.2, -0.15) is 0 Å². The molecule has 7 heteroatoms. The van der Waals surface area contributed by atoms with E-state index in [1.54, 1.807) is 11.5 Å². The van der Waals surface area contributed by atoms with Crippen molar-refractivity contribution in [3.63, 3.8) is 0 Å². The lowest BCUT2D eigenvalue weighted by atomic mass is 10.4. The van der Waals surface area contributed by atoms with E-state index in [0.717, 1.165) is 0 Å². The van der Waals surface area contributed by atoms with Gasteiger partial charge in [-0.3, -0.25) is 0 Å². The van der Waals surface area contributed by atoms with Gasteiger partial charge >= 0.3 is 0 Å². The van der Waals surface area contributed by atoms with Gasteiger partial charge in [0.25, 0.3) is 10.0 Å². The number of sulfonamides is 1. The number of rotatable bonds is 5. The van der Waals surface area contributed by atoms with Crippen LogP contribution < -0.4 is 4.72 Å². The molecule has 0 saturated carbocycles. The molecule has 0 aliphatic rings. The average molecular weight is 233 g/mol. The molecule has 6 nitrogen and oxygen atoms in total. The molecule has 2 N–H and O–H groups in total. The van der Waals surface area contributed by atoms with Crippen LogP contribution in [-0.2, 0) is 16.6 Å². The number of aromatic nitrogens is 2. The van der Waals surface area contributed by atoms with E-state index in [1.807, 2.05) is 6.92 Å². The summed E-state index contributed by atoms with van der Waals surface area (Å²) in [5.74, 6) is 0. The van der Waals surface area contributed by atoms with Crippen LogP contribution in [0.15, 0.2) is 17.6 Å². The number of nitrogens with one attached hydrogen (secondary N) is 1. The Morgan fingerprint density at radius 2 is 2.33 bits per heavy atom. The minimum Gasteiger partial charge on any atom is -0.395 e. The van der Waals surface area contributed by atoms with E-state index >= 15 is 0 Å². The summed E-state index contributed by atoms with van der Waals surface area (Å²) in [6.07, 6.45) is 2.91. The van der Waals surface area contributed by atoms with Gasteiger partial charge in [0, 0.05) is 18.8 Å². The topological polar surface area (TPSA) is 84.2 Å². The first-order valence-corrected chi connectivity index (χ1v) is 6.13. The quantitative estimate of drug-likeness (QED) is 0.722. The predicted octanol–water partition coefficient (Wildman–Crippen LogP) is -0.438. The smallest absolute Gasteiger partial charge is 0.259 e. The summed E-state index contributed by atoms with van der Waals surface area (Å²) < 4.78 is 27.2. The van der Waals surface area contributed by atoms with Crippen LogP contribution in [0, 0.1) is 0 Å². The third kappa shape index (κ3) is 3.01. The zero-order valence-corrected chi connectivity index (χ0v) is 9.53. The van der Waals surface area contributed by atoms with Gasteiger partial charge in [0.05, 0.1) is 12.9 Å². The van der Waals surface area contributed by atoms with Crippen molar-refractivity contribution in [2.24, 2.45) is 0 Å². The van der Waals surface area contributed by atoms with Crippen LogP contribution in [0.1, 0.15) is 13.8 Å². The van der Waals surface area contributed by atoms with Crippen LogP contribution in [0.2, 0.25) is 0 Å². The van der Waals surface area contributed by atoms with Crippen molar-refractivity contribution < 1.29 is 13.5 Å². The van der Waals surface area contributed by atoms with Gasteiger partial charge in [-0.25, -0.2) is 18.1 Å². The fourth-order valence-corrected chi connectivity index (χ4v) is 2.20. The number of imidazole rings is 1. The number of nitrogens with zero attached hydrogens (tertiary/aromatic N) is 2. The van der Waals surface area contributed by atoms with Crippen LogP contribution >= 0.6 is 0 Å². The van der Waals surface area contributed by atoms with Crippen molar-refractivity contribution in [1.82, 2.24) is 14.3 Å². The Morgan fingerprint density at radius 3 is 2.80 bits per heavy atom. The lowest BCUT2D eigenvalue weighted by molar-refractivity contribution is 0.265. The zero-order chi connectivity index (χ0) is 11.5. The highest BCUT2D eigenvalue weighted by atomic mass is 32.2. The number of hydrogen-bond acceptors (Lipinski definition) is 4. The minimum atomic E-state index is -3.60. The summed E-state index contributed by atoms with van der Waals surface area (Å²) in [4.78, 5) is 3.78. The van der Waals surface area contributed by atoms with Crippen molar-refractivity contribution in [2.45, 2.75) is 31.5 Å². The Bertz CT molecular complexity index is 413. The molecule has 0 radical (unpaired) electrons. The lowest BCUT2D eigenvalue weighted by Crippen LogP contribution is -2.35. The highest BCUT2D eigenvalue weighted by molar-refractivity contribution is 7.89. The summed E-state index contributed by atoms with van der Waals surface area (Å²) in [6.45, 7) is 3.89. The maximum Gasteiger partial charge on any atom is 0.259 e. The number of aliphatic hydroxyl groups is 1. The Labute approximate surface area is 89.0 Å².